The van der Waals surface area contributed by atoms with Gasteiger partial charge in [-0.3, -0.25) is 9.48 Å². The summed E-state index contributed by atoms with van der Waals surface area (Å²) in [6.45, 7) is 0. The van der Waals surface area contributed by atoms with Gasteiger partial charge in [0.25, 0.3) is 0 Å². The second kappa shape index (κ2) is 2.33. The number of nitrogens with zero attached hydrogens (tertiary/aromatic N) is 2. The second-order valence-corrected chi connectivity index (χ2v) is 3.23. The minimum Gasteiger partial charge on any atom is -0.481 e. The first-order chi connectivity index (χ1) is 5.68. The van der Waals surface area contributed by atoms with Crippen LogP contribution in [-0.4, -0.2) is 20.9 Å². The first-order valence-corrected chi connectivity index (χ1v) is 3.90. The molecule has 1 fully saturated rings. The molecule has 4 heteroatoms. The standard InChI is InChI=1S/C8H10N2O2/c1-10-4-5(3-9-10)6-2-7(6)8(11)12/h3-4,6-7H,2H2,1H3,(H,11,12). The zero-order valence-corrected chi connectivity index (χ0v) is 6.77. The highest BCUT2D eigenvalue weighted by Gasteiger charge is 2.44. The molecule has 2 unspecified atom stereocenters. The van der Waals surface area contributed by atoms with Gasteiger partial charge in [-0.1, -0.05) is 0 Å². The van der Waals surface area contributed by atoms with Crippen LogP contribution in [0.3, 0.4) is 0 Å². The van der Waals surface area contributed by atoms with Crippen LogP contribution in [0.1, 0.15) is 17.9 Å². The molecule has 1 aliphatic rings. The van der Waals surface area contributed by atoms with Crippen molar-refractivity contribution in [2.75, 3.05) is 0 Å². The summed E-state index contributed by atoms with van der Waals surface area (Å²) in [5, 5.41) is 12.7. The average molecular weight is 166 g/mol. The lowest BCUT2D eigenvalue weighted by Gasteiger charge is -1.89. The SMILES string of the molecule is Cn1cc(C2CC2C(=O)O)cn1. The van der Waals surface area contributed by atoms with E-state index in [-0.39, 0.29) is 11.8 Å². The van der Waals surface area contributed by atoms with Crippen molar-refractivity contribution in [3.63, 3.8) is 0 Å². The molecule has 1 saturated carbocycles. The Labute approximate surface area is 69.8 Å². The Morgan fingerprint density at radius 3 is 3.00 bits per heavy atom. The van der Waals surface area contributed by atoms with Gasteiger partial charge in [-0.2, -0.15) is 5.10 Å². The Morgan fingerprint density at radius 2 is 2.58 bits per heavy atom. The van der Waals surface area contributed by atoms with Crippen molar-refractivity contribution in [2.24, 2.45) is 13.0 Å². The number of aromatic nitrogens is 2. The lowest BCUT2D eigenvalue weighted by molar-refractivity contribution is -0.138. The van der Waals surface area contributed by atoms with Gasteiger partial charge in [0.15, 0.2) is 0 Å². The quantitative estimate of drug-likeness (QED) is 0.700. The zero-order chi connectivity index (χ0) is 8.72. The van der Waals surface area contributed by atoms with Crippen LogP contribution >= 0.6 is 0 Å². The van der Waals surface area contributed by atoms with Crippen molar-refractivity contribution in [1.29, 1.82) is 0 Å². The molecule has 1 N–H and O–H groups in total. The van der Waals surface area contributed by atoms with Crippen LogP contribution in [0.2, 0.25) is 0 Å². The highest BCUT2D eigenvalue weighted by atomic mass is 16.4. The van der Waals surface area contributed by atoms with E-state index >= 15 is 0 Å². The maximum Gasteiger partial charge on any atom is 0.307 e. The number of carbonyl (C=O) groups is 1. The highest BCUT2D eigenvalue weighted by molar-refractivity contribution is 5.75. The number of hydrogen-bond acceptors (Lipinski definition) is 2. The number of rotatable bonds is 2. The maximum absolute atomic E-state index is 10.5. The third-order valence-electron chi connectivity index (χ3n) is 2.26. The van der Waals surface area contributed by atoms with Gasteiger partial charge in [-0.15, -0.1) is 0 Å². The molecule has 2 rings (SSSR count). The van der Waals surface area contributed by atoms with Crippen molar-refractivity contribution >= 4 is 5.97 Å². The van der Waals surface area contributed by atoms with Gasteiger partial charge in [-0.05, 0) is 12.0 Å². The third-order valence-corrected chi connectivity index (χ3v) is 2.26. The van der Waals surface area contributed by atoms with Crippen molar-refractivity contribution in [1.82, 2.24) is 9.78 Å². The predicted molar refractivity (Wildman–Crippen MR) is 41.7 cm³/mol. The van der Waals surface area contributed by atoms with Gasteiger partial charge in [0.2, 0.25) is 0 Å². The van der Waals surface area contributed by atoms with E-state index in [0.29, 0.717) is 0 Å². The van der Waals surface area contributed by atoms with Gasteiger partial charge in [0.1, 0.15) is 0 Å². The van der Waals surface area contributed by atoms with Gasteiger partial charge < -0.3 is 5.11 Å². The van der Waals surface area contributed by atoms with E-state index in [1.807, 2.05) is 13.2 Å². The summed E-state index contributed by atoms with van der Waals surface area (Å²) < 4.78 is 1.70. The molecule has 4 nitrogen and oxygen atoms in total. The van der Waals surface area contributed by atoms with Crippen molar-refractivity contribution in [3.8, 4) is 0 Å². The molecular formula is C8H10N2O2. The molecule has 0 bridgehead atoms. The largest absolute Gasteiger partial charge is 0.481 e. The monoisotopic (exact) mass is 166 g/mol. The summed E-state index contributed by atoms with van der Waals surface area (Å²) in [6.07, 6.45) is 4.39. The molecule has 1 aromatic rings. The van der Waals surface area contributed by atoms with Crippen molar-refractivity contribution in [3.05, 3.63) is 18.0 Å². The first kappa shape index (κ1) is 7.34. The second-order valence-electron chi connectivity index (χ2n) is 3.23. The number of aryl methyl sites for hydroxylation is 1. The fourth-order valence-electron chi connectivity index (χ4n) is 1.47. The predicted octanol–water partition coefficient (Wildman–Crippen LogP) is 0.608. The fraction of sp³-hybridized carbons (Fsp3) is 0.500. The molecule has 0 radical (unpaired) electrons. The topological polar surface area (TPSA) is 55.1 Å². The van der Waals surface area contributed by atoms with E-state index in [1.165, 1.54) is 0 Å². The van der Waals surface area contributed by atoms with Gasteiger partial charge >= 0.3 is 5.97 Å². The summed E-state index contributed by atoms with van der Waals surface area (Å²) >= 11 is 0. The van der Waals surface area contributed by atoms with Crippen molar-refractivity contribution < 1.29 is 9.90 Å². The summed E-state index contributed by atoms with van der Waals surface area (Å²) in [6, 6.07) is 0. The lowest BCUT2D eigenvalue weighted by atomic mass is 10.2. The van der Waals surface area contributed by atoms with Gasteiger partial charge in [0.05, 0.1) is 12.1 Å². The Kier molecular flexibility index (Phi) is 1.43. The van der Waals surface area contributed by atoms with Crippen LogP contribution in [-0.2, 0) is 11.8 Å². The number of carboxylic acid groups (broad SMARTS) is 1. The zero-order valence-electron chi connectivity index (χ0n) is 6.77. The van der Waals surface area contributed by atoms with E-state index in [2.05, 4.69) is 5.10 Å². The third kappa shape index (κ3) is 1.09. The lowest BCUT2D eigenvalue weighted by Crippen LogP contribution is -1.98. The van der Waals surface area contributed by atoms with E-state index < -0.39 is 5.97 Å². The van der Waals surface area contributed by atoms with Gasteiger partial charge in [-0.25, -0.2) is 0 Å². The number of carboxylic acids is 1. The fourth-order valence-corrected chi connectivity index (χ4v) is 1.47. The van der Waals surface area contributed by atoms with Crippen LogP contribution in [0.4, 0.5) is 0 Å². The molecule has 1 heterocycles. The van der Waals surface area contributed by atoms with Crippen molar-refractivity contribution in [2.45, 2.75) is 12.3 Å². The average Bonchev–Trinajstić information content (AvgIpc) is 2.70. The first-order valence-electron chi connectivity index (χ1n) is 3.90. The summed E-state index contributed by atoms with van der Waals surface area (Å²) in [7, 11) is 1.83. The van der Waals surface area contributed by atoms with Gasteiger partial charge in [0, 0.05) is 19.2 Å². The molecule has 2 atom stereocenters. The molecule has 0 saturated heterocycles. The molecule has 1 aliphatic carbocycles. The van der Waals surface area contributed by atoms with E-state index in [0.717, 1.165) is 12.0 Å². The maximum atomic E-state index is 10.5. The van der Waals surface area contributed by atoms with E-state index in [1.54, 1.807) is 10.9 Å². The Bertz CT molecular complexity index is 319. The molecule has 64 valence electrons. The number of hydrogen-bond donors (Lipinski definition) is 1. The molecule has 0 aromatic carbocycles. The van der Waals surface area contributed by atoms with Crippen LogP contribution in [0, 0.1) is 5.92 Å². The highest BCUT2D eigenvalue weighted by Crippen LogP contribution is 2.47. The summed E-state index contributed by atoms with van der Waals surface area (Å²) in [5.41, 5.74) is 1.05. The molecule has 12 heavy (non-hydrogen) atoms. The molecule has 0 amide bonds. The normalized spacial score (nSPS) is 27.1. The van der Waals surface area contributed by atoms with E-state index in [4.69, 9.17) is 5.11 Å². The summed E-state index contributed by atoms with van der Waals surface area (Å²) in [5.74, 6) is -0.658. The van der Waals surface area contributed by atoms with Crippen LogP contribution < -0.4 is 0 Å². The smallest absolute Gasteiger partial charge is 0.307 e. The van der Waals surface area contributed by atoms with Crippen LogP contribution in [0.5, 0.6) is 0 Å². The Balaban J connectivity index is 2.10. The molecule has 1 aromatic heterocycles. The molecule has 0 spiro atoms. The van der Waals surface area contributed by atoms with Crippen LogP contribution in [0.15, 0.2) is 12.4 Å². The van der Waals surface area contributed by atoms with E-state index in [9.17, 15) is 4.79 Å². The Hall–Kier alpha value is -1.32. The van der Waals surface area contributed by atoms with Crippen LogP contribution in [0.25, 0.3) is 0 Å². The molecule has 0 aliphatic heterocycles. The number of aliphatic carboxylic acids is 1. The molecular weight excluding hydrogens is 156 g/mol. The minimum absolute atomic E-state index is 0.172. The summed E-state index contributed by atoms with van der Waals surface area (Å²) in [4.78, 5) is 10.5. The minimum atomic E-state index is -0.691. The Morgan fingerprint density at radius 1 is 1.83 bits per heavy atom.